The minimum absolute atomic E-state index is 0.0762. The molecule has 0 aromatic heterocycles. The molecule has 0 saturated carbocycles. The average molecular weight is 715 g/mol. The van der Waals surface area contributed by atoms with Gasteiger partial charge in [0.1, 0.15) is 5.82 Å². The molecule has 4 aromatic rings. The van der Waals surface area contributed by atoms with E-state index in [1.54, 1.807) is 84.9 Å². The van der Waals surface area contributed by atoms with Crippen LogP contribution in [-0.4, -0.2) is 48.4 Å². The van der Waals surface area contributed by atoms with E-state index >= 15 is 0 Å². The Kier molecular flexibility index (Phi) is 13.4. The van der Waals surface area contributed by atoms with Crippen molar-refractivity contribution in [3.05, 3.63) is 109 Å². The molecule has 0 radical (unpaired) electrons. The number of nitrogens with one attached hydrogen (secondary N) is 8. The predicted molar refractivity (Wildman–Crippen MR) is 210 cm³/mol. The molecule has 6 amide bonds. The van der Waals surface area contributed by atoms with Crippen molar-refractivity contribution >= 4 is 69.4 Å². The number of nitriles is 1. The fourth-order valence-electron chi connectivity index (χ4n) is 5.55. The van der Waals surface area contributed by atoms with E-state index in [0.717, 1.165) is 19.6 Å². The van der Waals surface area contributed by atoms with Crippen molar-refractivity contribution in [1.82, 2.24) is 4.90 Å². The number of rotatable bonds is 15. The summed E-state index contributed by atoms with van der Waals surface area (Å²) >= 11 is 0. The zero-order valence-electron chi connectivity index (χ0n) is 29.1. The lowest BCUT2D eigenvalue weighted by molar-refractivity contribution is -0.117. The second-order valence-electron chi connectivity index (χ2n) is 12.3. The minimum Gasteiger partial charge on any atom is -0.342 e. The molecular weight excluding hydrogens is 672 g/mol. The molecule has 1 aliphatic rings. The molecule has 53 heavy (non-hydrogen) atoms. The molecule has 14 heteroatoms. The third kappa shape index (κ3) is 12.8. The third-order valence-electron chi connectivity index (χ3n) is 7.96. The van der Waals surface area contributed by atoms with Crippen LogP contribution < -0.4 is 42.5 Å². The van der Waals surface area contributed by atoms with Gasteiger partial charge in [0.05, 0.1) is 6.07 Å². The van der Waals surface area contributed by atoms with Gasteiger partial charge in [-0.1, -0.05) is 30.8 Å². The summed E-state index contributed by atoms with van der Waals surface area (Å²) in [6.07, 6.45) is 3.02. The van der Waals surface area contributed by atoms with Gasteiger partial charge in [0.2, 0.25) is 11.8 Å². The summed E-state index contributed by atoms with van der Waals surface area (Å²) in [5.41, 5.74) is 4.44. The molecule has 4 aromatic carbocycles. The standard InChI is InChI=1S/C39H42N10O4/c1-27(41-28-9-4-11-30(23-28)43-36(50)17-8-19-40)42-29-10-5-13-32(24-29)45-38(52)47-34-15-7-16-35(26-34)48-39(53)46-33-14-6-12-31(25-33)44-37(51)18-22-49-20-2-3-21-49/h4-7,9-16,23-26,41-42H,1-3,8,17-18,20-22H2,(H,43,50)(H,44,51)(H2,45,47,52)(H2,46,48,53). The van der Waals surface area contributed by atoms with E-state index in [9.17, 15) is 19.2 Å². The Bertz CT molecular complexity index is 1990. The Morgan fingerprint density at radius 3 is 1.26 bits per heavy atom. The van der Waals surface area contributed by atoms with Gasteiger partial charge >= 0.3 is 12.1 Å². The third-order valence-corrected chi connectivity index (χ3v) is 7.96. The quantitative estimate of drug-likeness (QED) is 0.0616. The first-order valence-corrected chi connectivity index (χ1v) is 17.2. The molecule has 0 unspecified atom stereocenters. The highest BCUT2D eigenvalue weighted by Gasteiger charge is 2.13. The normalized spacial score (nSPS) is 12.1. The van der Waals surface area contributed by atoms with E-state index in [2.05, 4.69) is 54.0 Å². The fourth-order valence-corrected chi connectivity index (χ4v) is 5.55. The highest BCUT2D eigenvalue weighted by molar-refractivity contribution is 6.03. The van der Waals surface area contributed by atoms with Crippen LogP contribution in [0.25, 0.3) is 0 Å². The predicted octanol–water partition coefficient (Wildman–Crippen LogP) is 7.64. The molecule has 0 aliphatic carbocycles. The van der Waals surface area contributed by atoms with Gasteiger partial charge in [-0.15, -0.1) is 0 Å². The lowest BCUT2D eigenvalue weighted by Crippen LogP contribution is -2.25. The molecule has 1 aliphatic heterocycles. The van der Waals surface area contributed by atoms with E-state index in [1.165, 1.54) is 12.8 Å². The van der Waals surface area contributed by atoms with Gasteiger partial charge in [-0.2, -0.15) is 5.26 Å². The van der Waals surface area contributed by atoms with Crippen molar-refractivity contribution in [2.24, 2.45) is 0 Å². The van der Waals surface area contributed by atoms with E-state index in [-0.39, 0.29) is 24.7 Å². The van der Waals surface area contributed by atoms with Crippen LogP contribution >= 0.6 is 0 Å². The number of urea groups is 2. The van der Waals surface area contributed by atoms with E-state index < -0.39 is 12.1 Å². The summed E-state index contributed by atoms with van der Waals surface area (Å²) in [6, 6.07) is 28.7. The molecule has 0 bridgehead atoms. The second kappa shape index (κ2) is 18.9. The Balaban J connectivity index is 1.07. The van der Waals surface area contributed by atoms with Crippen molar-refractivity contribution in [3.8, 4) is 6.07 Å². The van der Waals surface area contributed by atoms with Gasteiger partial charge < -0.3 is 47.4 Å². The Morgan fingerprint density at radius 2 is 0.887 bits per heavy atom. The highest BCUT2D eigenvalue weighted by Crippen LogP contribution is 2.22. The number of nitrogens with zero attached hydrogens (tertiary/aromatic N) is 2. The van der Waals surface area contributed by atoms with Gasteiger partial charge in [0, 0.05) is 71.3 Å². The fraction of sp³-hybridized carbons (Fsp3) is 0.205. The summed E-state index contributed by atoms with van der Waals surface area (Å²) in [6.45, 7) is 6.81. The zero-order chi connectivity index (χ0) is 37.4. The number of benzene rings is 4. The van der Waals surface area contributed by atoms with Crippen LogP contribution in [0.5, 0.6) is 0 Å². The molecule has 1 heterocycles. The number of carbonyl (C=O) groups is 4. The average Bonchev–Trinajstić information content (AvgIpc) is 3.64. The van der Waals surface area contributed by atoms with Crippen LogP contribution in [0.1, 0.15) is 32.1 Å². The second-order valence-corrected chi connectivity index (χ2v) is 12.3. The van der Waals surface area contributed by atoms with Crippen molar-refractivity contribution in [1.29, 1.82) is 5.26 Å². The number of likely N-dealkylation sites (tertiary alicyclic amines) is 1. The molecule has 0 spiro atoms. The number of hydrogen-bond donors (Lipinski definition) is 8. The van der Waals surface area contributed by atoms with Gasteiger partial charge in [0.25, 0.3) is 0 Å². The van der Waals surface area contributed by atoms with Crippen LogP contribution in [0, 0.1) is 11.3 Å². The van der Waals surface area contributed by atoms with E-state index in [4.69, 9.17) is 5.26 Å². The van der Waals surface area contributed by atoms with Gasteiger partial charge in [0.15, 0.2) is 0 Å². The summed E-state index contributed by atoms with van der Waals surface area (Å²) in [4.78, 5) is 52.3. The maximum absolute atomic E-state index is 12.9. The molecule has 272 valence electrons. The topological polar surface area (TPSA) is 192 Å². The summed E-state index contributed by atoms with van der Waals surface area (Å²) in [5.74, 6) is 0.134. The molecule has 5 rings (SSSR count). The summed E-state index contributed by atoms with van der Waals surface area (Å²) in [5, 5.41) is 31.7. The number of hydrogen-bond acceptors (Lipinski definition) is 8. The Hall–Kier alpha value is -6.85. The maximum atomic E-state index is 12.9. The first kappa shape index (κ1) is 37.4. The van der Waals surface area contributed by atoms with E-state index in [0.29, 0.717) is 57.7 Å². The van der Waals surface area contributed by atoms with Crippen LogP contribution in [0.15, 0.2) is 109 Å². The van der Waals surface area contributed by atoms with Gasteiger partial charge in [-0.3, -0.25) is 9.59 Å². The first-order chi connectivity index (χ1) is 25.7. The van der Waals surface area contributed by atoms with Crippen LogP contribution in [0.2, 0.25) is 0 Å². The minimum atomic E-state index is -0.492. The number of anilines is 8. The van der Waals surface area contributed by atoms with Crippen molar-refractivity contribution in [2.75, 3.05) is 62.2 Å². The lowest BCUT2D eigenvalue weighted by atomic mass is 10.2. The first-order valence-electron chi connectivity index (χ1n) is 17.2. The smallest absolute Gasteiger partial charge is 0.323 e. The molecular formula is C39H42N10O4. The van der Waals surface area contributed by atoms with Crippen LogP contribution in [0.4, 0.5) is 55.1 Å². The van der Waals surface area contributed by atoms with Crippen molar-refractivity contribution in [3.63, 3.8) is 0 Å². The highest BCUT2D eigenvalue weighted by atomic mass is 16.2. The van der Waals surface area contributed by atoms with E-state index in [1.807, 2.05) is 18.2 Å². The monoisotopic (exact) mass is 714 g/mol. The van der Waals surface area contributed by atoms with Gasteiger partial charge in [-0.25, -0.2) is 9.59 Å². The van der Waals surface area contributed by atoms with Crippen molar-refractivity contribution < 1.29 is 19.2 Å². The summed E-state index contributed by atoms with van der Waals surface area (Å²) < 4.78 is 0. The van der Waals surface area contributed by atoms with Crippen LogP contribution in [-0.2, 0) is 9.59 Å². The number of amides is 6. The molecule has 1 saturated heterocycles. The molecule has 1 fully saturated rings. The maximum Gasteiger partial charge on any atom is 0.323 e. The Labute approximate surface area is 308 Å². The number of carbonyl (C=O) groups excluding carboxylic acids is 4. The van der Waals surface area contributed by atoms with Crippen molar-refractivity contribution in [2.45, 2.75) is 32.1 Å². The zero-order valence-corrected chi connectivity index (χ0v) is 29.1. The molecule has 0 atom stereocenters. The Morgan fingerprint density at radius 1 is 0.547 bits per heavy atom. The molecule has 8 N–H and O–H groups in total. The largest absolute Gasteiger partial charge is 0.342 e. The summed E-state index contributed by atoms with van der Waals surface area (Å²) in [7, 11) is 0. The molecule has 14 nitrogen and oxygen atoms in total. The SMILES string of the molecule is C=C(Nc1cccc(NC(=O)CCC#N)c1)Nc1cccc(NC(=O)Nc2cccc(NC(=O)Nc3cccc(NC(=O)CCN4CCCC4)c3)c2)c1. The lowest BCUT2D eigenvalue weighted by Gasteiger charge is -2.15. The van der Waals surface area contributed by atoms with Crippen LogP contribution in [0.3, 0.4) is 0 Å². The van der Waals surface area contributed by atoms with Gasteiger partial charge in [-0.05, 0) is 98.7 Å².